The molecule has 0 saturated carbocycles. The van der Waals surface area contributed by atoms with Gasteiger partial charge in [-0.2, -0.15) is 0 Å². The molecule has 0 aliphatic carbocycles. The first-order valence-electron chi connectivity index (χ1n) is 8.76. The van der Waals surface area contributed by atoms with Crippen LogP contribution in [-0.4, -0.2) is 30.6 Å². The molecule has 0 spiro atoms. The van der Waals surface area contributed by atoms with E-state index in [9.17, 15) is 18.7 Å². The van der Waals surface area contributed by atoms with Gasteiger partial charge in [-0.15, -0.1) is 0 Å². The molecule has 1 amide bonds. The molecule has 3 rings (SSSR count). The summed E-state index contributed by atoms with van der Waals surface area (Å²) in [6.07, 6.45) is 1.69. The predicted molar refractivity (Wildman–Crippen MR) is 96.1 cm³/mol. The molecule has 26 heavy (non-hydrogen) atoms. The average Bonchev–Trinajstić information content (AvgIpc) is 3.10. The fourth-order valence-electron chi connectivity index (χ4n) is 3.23. The first kappa shape index (κ1) is 18.2. The van der Waals surface area contributed by atoms with Gasteiger partial charge in [0.1, 0.15) is 5.75 Å². The summed E-state index contributed by atoms with van der Waals surface area (Å²) >= 11 is 0. The topological polar surface area (TPSA) is 52.6 Å². The zero-order valence-electron chi connectivity index (χ0n) is 14.4. The van der Waals surface area contributed by atoms with Crippen molar-refractivity contribution in [1.82, 2.24) is 5.32 Å². The minimum Gasteiger partial charge on any atom is -0.508 e. The quantitative estimate of drug-likeness (QED) is 0.832. The molecule has 2 N–H and O–H groups in total. The van der Waals surface area contributed by atoms with E-state index < -0.39 is 11.6 Å². The number of phenols is 1. The van der Waals surface area contributed by atoms with Crippen molar-refractivity contribution in [3.05, 3.63) is 59.7 Å². The summed E-state index contributed by atoms with van der Waals surface area (Å²) in [4.78, 5) is 14.0. The highest BCUT2D eigenvalue weighted by atomic mass is 19.2. The molecule has 0 unspecified atom stereocenters. The number of rotatable bonds is 6. The van der Waals surface area contributed by atoms with E-state index in [0.29, 0.717) is 31.6 Å². The van der Waals surface area contributed by atoms with Gasteiger partial charge < -0.3 is 15.3 Å². The maximum absolute atomic E-state index is 13.4. The maximum atomic E-state index is 13.4. The molecule has 2 aromatic rings. The molecular formula is C20H22F2N2O2. The Morgan fingerprint density at radius 1 is 1.19 bits per heavy atom. The lowest BCUT2D eigenvalue weighted by Gasteiger charge is -2.19. The number of phenolic OH excluding ortho intramolecular Hbond substituents is 1. The largest absolute Gasteiger partial charge is 0.508 e. The van der Waals surface area contributed by atoms with Crippen molar-refractivity contribution in [1.29, 1.82) is 0 Å². The molecule has 1 heterocycles. The highest BCUT2D eigenvalue weighted by molar-refractivity contribution is 5.76. The first-order valence-corrected chi connectivity index (χ1v) is 8.76. The van der Waals surface area contributed by atoms with Gasteiger partial charge in [0.15, 0.2) is 11.6 Å². The normalized spacial score (nSPS) is 16.7. The molecule has 2 aromatic carbocycles. The van der Waals surface area contributed by atoms with E-state index in [2.05, 4.69) is 5.32 Å². The summed E-state index contributed by atoms with van der Waals surface area (Å²) in [7, 11) is 0. The number of amides is 1. The molecule has 1 aliphatic rings. The Morgan fingerprint density at radius 3 is 2.77 bits per heavy atom. The zero-order valence-corrected chi connectivity index (χ0v) is 14.4. The number of hydrogen-bond donors (Lipinski definition) is 2. The number of aromatic hydroxyl groups is 1. The number of hydrogen-bond acceptors (Lipinski definition) is 3. The Kier molecular flexibility index (Phi) is 5.71. The third kappa shape index (κ3) is 4.50. The number of carbonyl (C=O) groups is 1. The van der Waals surface area contributed by atoms with Crippen molar-refractivity contribution >= 4 is 11.6 Å². The summed E-state index contributed by atoms with van der Waals surface area (Å²) in [5.74, 6) is -1.26. The standard InChI is InChI=1S/C20H22F2N2O2/c21-17-7-6-16(11-18(17)22)24-10-9-14(13-24)12-23-20(26)8-5-15-3-1-2-4-19(15)25/h1-4,6-7,11,14,25H,5,8-10,12-13H2,(H,23,26)/t14-/m1/s1. The van der Waals surface area contributed by atoms with Crippen LogP contribution in [-0.2, 0) is 11.2 Å². The van der Waals surface area contributed by atoms with Crippen LogP contribution >= 0.6 is 0 Å². The third-order valence-corrected chi connectivity index (χ3v) is 4.76. The van der Waals surface area contributed by atoms with Gasteiger partial charge in [-0.05, 0) is 42.5 Å². The van der Waals surface area contributed by atoms with Gasteiger partial charge in [-0.25, -0.2) is 8.78 Å². The van der Waals surface area contributed by atoms with Gasteiger partial charge in [0, 0.05) is 37.8 Å². The molecule has 0 bridgehead atoms. The lowest BCUT2D eigenvalue weighted by molar-refractivity contribution is -0.121. The van der Waals surface area contributed by atoms with Gasteiger partial charge in [-0.1, -0.05) is 18.2 Å². The lowest BCUT2D eigenvalue weighted by atomic mass is 10.1. The monoisotopic (exact) mass is 360 g/mol. The van der Waals surface area contributed by atoms with Crippen LogP contribution in [0.5, 0.6) is 5.75 Å². The zero-order chi connectivity index (χ0) is 18.5. The second-order valence-electron chi connectivity index (χ2n) is 6.63. The van der Waals surface area contributed by atoms with E-state index in [4.69, 9.17) is 0 Å². The summed E-state index contributed by atoms with van der Waals surface area (Å²) < 4.78 is 26.4. The van der Waals surface area contributed by atoms with E-state index in [-0.39, 0.29) is 17.6 Å². The van der Waals surface area contributed by atoms with Gasteiger partial charge >= 0.3 is 0 Å². The van der Waals surface area contributed by atoms with E-state index >= 15 is 0 Å². The number of benzene rings is 2. The van der Waals surface area contributed by atoms with Gasteiger partial charge in [0.2, 0.25) is 5.91 Å². The summed E-state index contributed by atoms with van der Waals surface area (Å²) in [5, 5.41) is 12.6. The van der Waals surface area contributed by atoms with Crippen LogP contribution in [0.2, 0.25) is 0 Å². The van der Waals surface area contributed by atoms with Crippen molar-refractivity contribution in [3.63, 3.8) is 0 Å². The van der Waals surface area contributed by atoms with Crippen LogP contribution in [0.1, 0.15) is 18.4 Å². The van der Waals surface area contributed by atoms with Crippen molar-refractivity contribution in [2.75, 3.05) is 24.5 Å². The van der Waals surface area contributed by atoms with Crippen molar-refractivity contribution < 1.29 is 18.7 Å². The molecule has 0 aromatic heterocycles. The molecule has 0 radical (unpaired) electrons. The Labute approximate surface area is 151 Å². The molecule has 138 valence electrons. The SMILES string of the molecule is O=C(CCc1ccccc1O)NC[C@H]1CCN(c2ccc(F)c(F)c2)C1. The minimum absolute atomic E-state index is 0.0560. The number of carbonyl (C=O) groups excluding carboxylic acids is 1. The van der Waals surface area contributed by atoms with Crippen LogP contribution in [0.15, 0.2) is 42.5 Å². The lowest BCUT2D eigenvalue weighted by Crippen LogP contribution is -2.31. The molecule has 1 atom stereocenters. The maximum Gasteiger partial charge on any atom is 0.220 e. The molecule has 1 saturated heterocycles. The van der Waals surface area contributed by atoms with Crippen molar-refractivity contribution in [2.45, 2.75) is 19.3 Å². The van der Waals surface area contributed by atoms with E-state index in [0.717, 1.165) is 24.6 Å². The minimum atomic E-state index is -0.846. The second-order valence-corrected chi connectivity index (χ2v) is 6.63. The fourth-order valence-corrected chi connectivity index (χ4v) is 3.23. The summed E-state index contributed by atoms with van der Waals surface area (Å²) in [6.45, 7) is 2.01. The highest BCUT2D eigenvalue weighted by Crippen LogP contribution is 2.25. The Morgan fingerprint density at radius 2 is 2.00 bits per heavy atom. The average molecular weight is 360 g/mol. The molecule has 6 heteroatoms. The Hall–Kier alpha value is -2.63. The Balaban J connectivity index is 1.43. The molecule has 1 aliphatic heterocycles. The fraction of sp³-hybridized carbons (Fsp3) is 0.350. The highest BCUT2D eigenvalue weighted by Gasteiger charge is 2.23. The molecule has 1 fully saturated rings. The van der Waals surface area contributed by atoms with Gasteiger partial charge in [0.05, 0.1) is 0 Å². The van der Waals surface area contributed by atoms with E-state index in [1.807, 2.05) is 11.0 Å². The number of anilines is 1. The van der Waals surface area contributed by atoms with E-state index in [1.54, 1.807) is 24.3 Å². The van der Waals surface area contributed by atoms with Crippen LogP contribution in [0.4, 0.5) is 14.5 Å². The number of halogens is 2. The first-order chi connectivity index (χ1) is 12.5. The second kappa shape index (κ2) is 8.17. The smallest absolute Gasteiger partial charge is 0.220 e. The number of aryl methyl sites for hydroxylation is 1. The number of nitrogens with one attached hydrogen (secondary N) is 1. The Bertz CT molecular complexity index is 782. The van der Waals surface area contributed by atoms with Crippen LogP contribution < -0.4 is 10.2 Å². The molecule has 4 nitrogen and oxygen atoms in total. The number of nitrogens with zero attached hydrogens (tertiary/aromatic N) is 1. The predicted octanol–water partition coefficient (Wildman–Crippen LogP) is 3.25. The van der Waals surface area contributed by atoms with Crippen molar-refractivity contribution in [3.8, 4) is 5.75 Å². The number of para-hydroxylation sites is 1. The van der Waals surface area contributed by atoms with Gasteiger partial charge in [-0.3, -0.25) is 4.79 Å². The third-order valence-electron chi connectivity index (χ3n) is 4.76. The van der Waals surface area contributed by atoms with Crippen LogP contribution in [0.3, 0.4) is 0 Å². The van der Waals surface area contributed by atoms with Crippen LogP contribution in [0, 0.1) is 17.6 Å². The van der Waals surface area contributed by atoms with Gasteiger partial charge in [0.25, 0.3) is 0 Å². The summed E-state index contributed by atoms with van der Waals surface area (Å²) in [5.41, 5.74) is 1.42. The van der Waals surface area contributed by atoms with Crippen LogP contribution in [0.25, 0.3) is 0 Å². The summed E-state index contributed by atoms with van der Waals surface area (Å²) in [6, 6.07) is 10.9. The molecular weight excluding hydrogens is 338 g/mol. The van der Waals surface area contributed by atoms with Crippen molar-refractivity contribution in [2.24, 2.45) is 5.92 Å². The van der Waals surface area contributed by atoms with E-state index in [1.165, 1.54) is 6.07 Å².